The molecule has 0 radical (unpaired) electrons. The van der Waals surface area contributed by atoms with Crippen LogP contribution in [-0.4, -0.2) is 29.8 Å². The van der Waals surface area contributed by atoms with Crippen LogP contribution in [0.25, 0.3) is 6.08 Å². The van der Waals surface area contributed by atoms with Gasteiger partial charge in [-0.05, 0) is 99.3 Å². The highest BCUT2D eigenvalue weighted by molar-refractivity contribution is 8.18. The number of amidine groups is 1. The van der Waals surface area contributed by atoms with E-state index >= 15 is 4.39 Å². The average Bonchev–Trinajstić information content (AvgIpc) is 3.12. The Labute approximate surface area is 205 Å². The molecule has 2 aromatic carbocycles. The first-order chi connectivity index (χ1) is 16.2. The summed E-state index contributed by atoms with van der Waals surface area (Å²) in [5.74, 6) is 0.488. The number of carbonyl (C=O) groups is 1. The minimum atomic E-state index is -0.317. The highest BCUT2D eigenvalue weighted by Gasteiger charge is 2.36. The number of ether oxygens (including phenoxy) is 1. The summed E-state index contributed by atoms with van der Waals surface area (Å²) in [6.07, 6.45) is 3.63. The lowest BCUT2D eigenvalue weighted by Gasteiger charge is -2.47. The molecule has 0 saturated carbocycles. The molecule has 0 bridgehead atoms. The van der Waals surface area contributed by atoms with E-state index in [1.807, 2.05) is 37.3 Å². The van der Waals surface area contributed by atoms with Crippen molar-refractivity contribution in [2.24, 2.45) is 4.99 Å². The van der Waals surface area contributed by atoms with Crippen molar-refractivity contribution in [3.63, 3.8) is 0 Å². The van der Waals surface area contributed by atoms with E-state index in [-0.39, 0.29) is 17.3 Å². The summed E-state index contributed by atoms with van der Waals surface area (Å²) >= 11 is 1.22. The zero-order valence-electron chi connectivity index (χ0n) is 20.4. The molecule has 1 N–H and O–H groups in total. The van der Waals surface area contributed by atoms with Crippen LogP contribution in [0.2, 0.25) is 0 Å². The average molecular weight is 482 g/mol. The third-order valence-corrected chi connectivity index (χ3v) is 7.18. The van der Waals surface area contributed by atoms with Crippen LogP contribution >= 0.6 is 11.8 Å². The van der Waals surface area contributed by atoms with Crippen LogP contribution in [0.4, 0.5) is 15.8 Å². The van der Waals surface area contributed by atoms with Crippen molar-refractivity contribution in [2.75, 3.05) is 18.1 Å². The van der Waals surface area contributed by atoms with E-state index in [4.69, 9.17) is 4.74 Å². The number of nitrogens with zero attached hydrogens (tertiary/aromatic N) is 2. The van der Waals surface area contributed by atoms with Gasteiger partial charge in [0.15, 0.2) is 5.17 Å². The van der Waals surface area contributed by atoms with Gasteiger partial charge in [0.25, 0.3) is 5.91 Å². The smallest absolute Gasteiger partial charge is 0.264 e. The van der Waals surface area contributed by atoms with Crippen molar-refractivity contribution in [1.82, 2.24) is 5.32 Å². The molecule has 2 aliphatic rings. The number of fused-ring (bicyclic) bond motifs is 1. The summed E-state index contributed by atoms with van der Waals surface area (Å²) in [5, 5.41) is 3.26. The van der Waals surface area contributed by atoms with E-state index in [1.165, 1.54) is 11.8 Å². The van der Waals surface area contributed by atoms with Crippen LogP contribution in [0.5, 0.6) is 5.75 Å². The molecule has 180 valence electrons. The SMILES string of the molecule is CCCN1c2cc(F)c(/C=C3/SC(=Nc4ccc(OCC)cc4)NC3=O)cc2C(C)CC1(C)C. The Morgan fingerprint density at radius 3 is 2.68 bits per heavy atom. The number of carbonyl (C=O) groups excluding carboxylic acids is 1. The number of anilines is 1. The third kappa shape index (κ3) is 4.99. The molecule has 1 amide bonds. The van der Waals surface area contributed by atoms with Crippen molar-refractivity contribution in [1.29, 1.82) is 0 Å². The second-order valence-corrected chi connectivity index (χ2v) is 10.4. The van der Waals surface area contributed by atoms with Crippen LogP contribution in [0.1, 0.15) is 64.5 Å². The summed E-state index contributed by atoms with van der Waals surface area (Å²) in [7, 11) is 0. The quantitative estimate of drug-likeness (QED) is 0.471. The van der Waals surface area contributed by atoms with Crippen LogP contribution in [0.3, 0.4) is 0 Å². The van der Waals surface area contributed by atoms with Crippen molar-refractivity contribution in [2.45, 2.75) is 58.9 Å². The molecule has 0 spiro atoms. The number of thioether (sulfide) groups is 1. The number of amides is 1. The van der Waals surface area contributed by atoms with Crippen LogP contribution in [0.15, 0.2) is 46.3 Å². The first-order valence-corrected chi connectivity index (χ1v) is 12.7. The fraction of sp³-hybridized carbons (Fsp3) is 0.407. The minimum absolute atomic E-state index is 0.0255. The zero-order valence-corrected chi connectivity index (χ0v) is 21.3. The second-order valence-electron chi connectivity index (χ2n) is 9.41. The predicted molar refractivity (Wildman–Crippen MR) is 140 cm³/mol. The van der Waals surface area contributed by atoms with Crippen molar-refractivity contribution in [3.8, 4) is 5.75 Å². The van der Waals surface area contributed by atoms with Crippen molar-refractivity contribution < 1.29 is 13.9 Å². The number of halogens is 1. The summed E-state index contributed by atoms with van der Waals surface area (Å²) < 4.78 is 20.7. The van der Waals surface area contributed by atoms with E-state index in [1.54, 1.807) is 12.1 Å². The summed E-state index contributed by atoms with van der Waals surface area (Å²) in [6.45, 7) is 12.2. The van der Waals surface area contributed by atoms with E-state index in [9.17, 15) is 4.79 Å². The maximum absolute atomic E-state index is 15.2. The van der Waals surface area contributed by atoms with Crippen molar-refractivity contribution in [3.05, 3.63) is 58.2 Å². The van der Waals surface area contributed by atoms with Crippen molar-refractivity contribution >= 4 is 40.3 Å². The Bertz CT molecular complexity index is 1140. The van der Waals surface area contributed by atoms with E-state index in [2.05, 4.69) is 42.9 Å². The lowest BCUT2D eigenvalue weighted by Crippen LogP contribution is -2.48. The van der Waals surface area contributed by atoms with Gasteiger partial charge in [-0.15, -0.1) is 0 Å². The summed E-state index contributed by atoms with van der Waals surface area (Å²) in [5.41, 5.74) is 3.21. The second kappa shape index (κ2) is 9.82. The maximum Gasteiger partial charge on any atom is 0.264 e. The van der Waals surface area contributed by atoms with Gasteiger partial charge in [0.05, 0.1) is 17.2 Å². The number of hydrogen-bond donors (Lipinski definition) is 1. The van der Waals surface area contributed by atoms with Gasteiger partial charge >= 0.3 is 0 Å². The van der Waals surface area contributed by atoms with E-state index in [0.717, 1.165) is 36.4 Å². The number of aliphatic imine (C=N–C) groups is 1. The summed E-state index contributed by atoms with van der Waals surface area (Å²) in [4.78, 5) is 19.8. The molecule has 1 fully saturated rings. The number of hydrogen-bond acceptors (Lipinski definition) is 5. The molecule has 2 heterocycles. The predicted octanol–water partition coefficient (Wildman–Crippen LogP) is 6.62. The van der Waals surface area contributed by atoms with E-state index < -0.39 is 0 Å². The Kier molecular flexibility index (Phi) is 7.03. The molecule has 1 unspecified atom stereocenters. The topological polar surface area (TPSA) is 53.9 Å². The molecule has 5 nitrogen and oxygen atoms in total. The number of rotatable bonds is 6. The molecule has 34 heavy (non-hydrogen) atoms. The summed E-state index contributed by atoms with van der Waals surface area (Å²) in [6, 6.07) is 10.9. The van der Waals surface area contributed by atoms with Gasteiger partial charge in [-0.25, -0.2) is 9.38 Å². The zero-order chi connectivity index (χ0) is 24.5. The van der Waals surface area contributed by atoms with Gasteiger partial charge in [-0.1, -0.05) is 13.8 Å². The first kappa shape index (κ1) is 24.3. The normalized spacial score (nSPS) is 21.6. The number of benzene rings is 2. The Hall–Kier alpha value is -2.80. The third-order valence-electron chi connectivity index (χ3n) is 6.27. The van der Waals surface area contributed by atoms with E-state index in [0.29, 0.717) is 33.8 Å². The largest absolute Gasteiger partial charge is 0.494 e. The van der Waals surface area contributed by atoms with Gasteiger partial charge in [0.2, 0.25) is 0 Å². The van der Waals surface area contributed by atoms with Gasteiger partial charge in [-0.3, -0.25) is 4.79 Å². The fourth-order valence-electron chi connectivity index (χ4n) is 4.80. The highest BCUT2D eigenvalue weighted by atomic mass is 32.2. The molecule has 2 aliphatic heterocycles. The lowest BCUT2D eigenvalue weighted by molar-refractivity contribution is -0.115. The maximum atomic E-state index is 15.2. The first-order valence-electron chi connectivity index (χ1n) is 11.9. The van der Waals surface area contributed by atoms with Gasteiger partial charge < -0.3 is 15.0 Å². The van der Waals surface area contributed by atoms with Crippen LogP contribution in [-0.2, 0) is 4.79 Å². The molecule has 1 atom stereocenters. The number of nitrogens with one attached hydrogen (secondary N) is 1. The fourth-order valence-corrected chi connectivity index (χ4v) is 5.63. The molecule has 0 aromatic heterocycles. The Morgan fingerprint density at radius 2 is 2.00 bits per heavy atom. The molecule has 2 aromatic rings. The molecular formula is C27H32FN3O2S. The standard InChI is InChI=1S/C27H32FN3O2S/c1-6-12-31-23-15-22(28)18(13-21(23)17(3)16-27(31,4)5)14-24-25(32)30-26(34-24)29-19-8-10-20(11-9-19)33-7-2/h8-11,13-15,17H,6-7,12,16H2,1-5H3,(H,29,30,32)/b24-14+. The van der Waals surface area contributed by atoms with Crippen LogP contribution in [0, 0.1) is 5.82 Å². The molecule has 7 heteroatoms. The Balaban J connectivity index is 1.61. The molecule has 0 aliphatic carbocycles. The molecular weight excluding hydrogens is 449 g/mol. The highest BCUT2D eigenvalue weighted by Crippen LogP contribution is 2.44. The van der Waals surface area contributed by atoms with Gasteiger partial charge in [0, 0.05) is 23.3 Å². The van der Waals surface area contributed by atoms with Gasteiger partial charge in [-0.2, -0.15) is 0 Å². The molecule has 1 saturated heterocycles. The minimum Gasteiger partial charge on any atom is -0.494 e. The van der Waals surface area contributed by atoms with Crippen LogP contribution < -0.4 is 15.0 Å². The Morgan fingerprint density at radius 1 is 1.26 bits per heavy atom. The lowest BCUT2D eigenvalue weighted by atomic mass is 9.79. The monoisotopic (exact) mass is 481 g/mol. The molecule has 4 rings (SSSR count). The van der Waals surface area contributed by atoms with Gasteiger partial charge in [0.1, 0.15) is 11.6 Å².